The minimum atomic E-state index is -0.422. The lowest BCUT2D eigenvalue weighted by Gasteiger charge is -2.03. The maximum Gasteiger partial charge on any atom is 0.420 e. The number of fused-ring (bicyclic) bond motifs is 1. The molecule has 2 aromatic carbocycles. The number of benzene rings is 2. The predicted molar refractivity (Wildman–Crippen MR) is 77.9 cm³/mol. The highest BCUT2D eigenvalue weighted by Gasteiger charge is 2.04. The smallest absolute Gasteiger partial charge is 0.390 e. The number of hydrogen-bond donors (Lipinski definition) is 0. The van der Waals surface area contributed by atoms with E-state index in [-0.39, 0.29) is 0 Å². The van der Waals surface area contributed by atoms with Gasteiger partial charge in [0.15, 0.2) is 0 Å². The molecule has 0 aliphatic heterocycles. The fourth-order valence-corrected chi connectivity index (χ4v) is 2.07. The minimum absolute atomic E-state index is 0.340. The highest BCUT2D eigenvalue weighted by Crippen LogP contribution is 2.12. The van der Waals surface area contributed by atoms with E-state index in [0.29, 0.717) is 5.55 Å². The molecule has 0 bridgehead atoms. The largest absolute Gasteiger partial charge is 0.420 e. The van der Waals surface area contributed by atoms with Crippen LogP contribution in [0.5, 0.6) is 0 Å². The summed E-state index contributed by atoms with van der Waals surface area (Å²) in [5, 5.41) is 0.815. The zero-order valence-corrected chi connectivity index (χ0v) is 11.3. The quantitative estimate of drug-likeness (QED) is 0.680. The molecule has 0 atom stereocenters. The van der Waals surface area contributed by atoms with Crippen LogP contribution < -0.4 is 11.3 Å². The number of hydrogen-bond acceptors (Lipinski definition) is 3. The molecule has 0 aliphatic carbocycles. The van der Waals surface area contributed by atoms with E-state index in [4.69, 9.17) is 4.42 Å². The molecular weight excluding hydrogens is 252 g/mol. The summed E-state index contributed by atoms with van der Waals surface area (Å²) in [5.41, 5.74) is 3.06. The molecule has 3 aromatic rings. The Labute approximate surface area is 115 Å². The highest BCUT2D eigenvalue weighted by molar-refractivity contribution is 5.77. The van der Waals surface area contributed by atoms with Crippen molar-refractivity contribution in [3.63, 3.8) is 0 Å². The summed E-state index contributed by atoms with van der Waals surface area (Å²) in [6, 6.07) is 15.3. The van der Waals surface area contributed by atoms with E-state index in [9.17, 15) is 4.79 Å². The molecule has 0 aliphatic rings. The van der Waals surface area contributed by atoms with Gasteiger partial charge in [0.2, 0.25) is 5.55 Å². The van der Waals surface area contributed by atoms with Gasteiger partial charge >= 0.3 is 5.76 Å². The SMILES string of the molecule is Cc1ccc(N=c2oc(=O)n(C)c3ccccc23)cc1. The molecule has 0 spiro atoms. The molecule has 0 amide bonds. The Kier molecular flexibility index (Phi) is 2.99. The van der Waals surface area contributed by atoms with Crippen molar-refractivity contribution in [2.45, 2.75) is 6.92 Å². The lowest BCUT2D eigenvalue weighted by Crippen LogP contribution is -2.22. The van der Waals surface area contributed by atoms with Crippen LogP contribution in [0.1, 0.15) is 5.56 Å². The molecule has 0 saturated carbocycles. The third-order valence-electron chi connectivity index (χ3n) is 3.22. The minimum Gasteiger partial charge on any atom is -0.390 e. The fourth-order valence-electron chi connectivity index (χ4n) is 2.07. The predicted octanol–water partition coefficient (Wildman–Crippen LogP) is 2.67. The molecule has 0 fully saturated rings. The van der Waals surface area contributed by atoms with Crippen molar-refractivity contribution in [3.8, 4) is 0 Å². The Morgan fingerprint density at radius 2 is 1.75 bits per heavy atom. The van der Waals surface area contributed by atoms with Crippen LogP contribution in [-0.2, 0) is 7.05 Å². The van der Waals surface area contributed by atoms with Gasteiger partial charge in [-0.2, -0.15) is 0 Å². The number of para-hydroxylation sites is 1. The summed E-state index contributed by atoms with van der Waals surface area (Å²) in [7, 11) is 1.68. The van der Waals surface area contributed by atoms with Gasteiger partial charge < -0.3 is 4.42 Å². The Hall–Kier alpha value is -2.62. The van der Waals surface area contributed by atoms with Gasteiger partial charge in [-0.1, -0.05) is 29.8 Å². The summed E-state index contributed by atoms with van der Waals surface area (Å²) in [6.45, 7) is 2.02. The van der Waals surface area contributed by atoms with Gasteiger partial charge in [-0.3, -0.25) is 4.57 Å². The molecule has 4 nitrogen and oxygen atoms in total. The van der Waals surface area contributed by atoms with Crippen molar-refractivity contribution >= 4 is 16.6 Å². The zero-order chi connectivity index (χ0) is 14.1. The van der Waals surface area contributed by atoms with E-state index < -0.39 is 5.76 Å². The normalized spacial score (nSPS) is 12.0. The van der Waals surface area contributed by atoms with Gasteiger partial charge in [0, 0.05) is 7.05 Å². The van der Waals surface area contributed by atoms with E-state index in [0.717, 1.165) is 22.2 Å². The Bertz CT molecular complexity index is 887. The molecule has 0 N–H and O–H groups in total. The fraction of sp³-hybridized carbons (Fsp3) is 0.125. The van der Waals surface area contributed by atoms with Crippen LogP contribution in [0.4, 0.5) is 5.69 Å². The Morgan fingerprint density at radius 3 is 2.50 bits per heavy atom. The van der Waals surface area contributed by atoms with Gasteiger partial charge in [0.1, 0.15) is 0 Å². The van der Waals surface area contributed by atoms with Crippen molar-refractivity contribution in [1.29, 1.82) is 0 Å². The first-order valence-electron chi connectivity index (χ1n) is 6.35. The van der Waals surface area contributed by atoms with Gasteiger partial charge in [-0.15, -0.1) is 0 Å². The second kappa shape index (κ2) is 4.81. The maximum absolute atomic E-state index is 11.8. The Balaban J connectivity index is 2.34. The third kappa shape index (κ3) is 2.16. The number of rotatable bonds is 1. The van der Waals surface area contributed by atoms with Crippen LogP contribution in [-0.4, -0.2) is 4.57 Å². The first-order chi connectivity index (χ1) is 9.65. The molecule has 100 valence electrons. The summed E-state index contributed by atoms with van der Waals surface area (Å²) in [6.07, 6.45) is 0. The average molecular weight is 266 g/mol. The molecule has 1 aromatic heterocycles. The molecule has 0 radical (unpaired) electrons. The molecule has 3 rings (SSSR count). The van der Waals surface area contributed by atoms with E-state index in [1.807, 2.05) is 55.5 Å². The second-order valence-corrected chi connectivity index (χ2v) is 4.70. The summed E-state index contributed by atoms with van der Waals surface area (Å²) < 4.78 is 6.77. The van der Waals surface area contributed by atoms with Crippen molar-refractivity contribution in [2.24, 2.45) is 12.0 Å². The van der Waals surface area contributed by atoms with Crippen LogP contribution in [0.3, 0.4) is 0 Å². The maximum atomic E-state index is 11.8. The topological polar surface area (TPSA) is 47.5 Å². The summed E-state index contributed by atoms with van der Waals surface area (Å²) in [5.74, 6) is -0.422. The summed E-state index contributed by atoms with van der Waals surface area (Å²) in [4.78, 5) is 16.3. The van der Waals surface area contributed by atoms with Crippen LogP contribution in [0.15, 0.2) is 62.7 Å². The molecule has 0 unspecified atom stereocenters. The van der Waals surface area contributed by atoms with Gasteiger partial charge in [-0.05, 0) is 31.2 Å². The lowest BCUT2D eigenvalue weighted by molar-refractivity contribution is 0.423. The molecule has 1 heterocycles. The molecule has 20 heavy (non-hydrogen) atoms. The zero-order valence-electron chi connectivity index (χ0n) is 11.3. The van der Waals surface area contributed by atoms with E-state index in [1.165, 1.54) is 4.57 Å². The van der Waals surface area contributed by atoms with Gasteiger partial charge in [-0.25, -0.2) is 9.79 Å². The Morgan fingerprint density at radius 1 is 1.05 bits per heavy atom. The van der Waals surface area contributed by atoms with Crippen molar-refractivity contribution in [3.05, 3.63) is 70.2 Å². The van der Waals surface area contributed by atoms with Crippen LogP contribution in [0, 0.1) is 6.92 Å². The number of aryl methyl sites for hydroxylation is 2. The average Bonchev–Trinajstić information content (AvgIpc) is 2.47. The van der Waals surface area contributed by atoms with Crippen molar-refractivity contribution < 1.29 is 4.42 Å². The van der Waals surface area contributed by atoms with E-state index in [1.54, 1.807) is 7.05 Å². The summed E-state index contributed by atoms with van der Waals surface area (Å²) >= 11 is 0. The second-order valence-electron chi connectivity index (χ2n) is 4.70. The van der Waals surface area contributed by atoms with E-state index >= 15 is 0 Å². The molecule has 0 saturated heterocycles. The third-order valence-corrected chi connectivity index (χ3v) is 3.22. The molecular formula is C16H14N2O2. The van der Waals surface area contributed by atoms with Crippen molar-refractivity contribution in [1.82, 2.24) is 4.57 Å². The number of nitrogens with zero attached hydrogens (tertiary/aromatic N) is 2. The van der Waals surface area contributed by atoms with Gasteiger partial charge in [0.25, 0.3) is 0 Å². The van der Waals surface area contributed by atoms with Crippen LogP contribution >= 0.6 is 0 Å². The van der Waals surface area contributed by atoms with Crippen LogP contribution in [0.2, 0.25) is 0 Å². The van der Waals surface area contributed by atoms with Gasteiger partial charge in [0.05, 0.1) is 16.6 Å². The first-order valence-corrected chi connectivity index (χ1v) is 6.35. The first kappa shape index (κ1) is 12.4. The molecule has 4 heteroatoms. The van der Waals surface area contributed by atoms with E-state index in [2.05, 4.69) is 4.99 Å². The monoisotopic (exact) mass is 266 g/mol. The standard InChI is InChI=1S/C16H14N2O2/c1-11-7-9-12(10-8-11)17-15-13-5-3-4-6-14(13)18(2)16(19)20-15/h3-10H,1-2H3. The van der Waals surface area contributed by atoms with Crippen molar-refractivity contribution in [2.75, 3.05) is 0 Å². The highest BCUT2D eigenvalue weighted by atomic mass is 16.4. The number of aromatic nitrogens is 1. The lowest BCUT2D eigenvalue weighted by atomic mass is 10.2. The van der Waals surface area contributed by atoms with Crippen LogP contribution in [0.25, 0.3) is 10.9 Å².